The highest BCUT2D eigenvalue weighted by Gasteiger charge is 2.10. The van der Waals surface area contributed by atoms with Gasteiger partial charge in [0.1, 0.15) is 0 Å². The molecule has 0 aromatic heterocycles. The molecule has 0 aliphatic carbocycles. The Labute approximate surface area is 153 Å². The minimum atomic E-state index is -2.96. The first-order valence-corrected chi connectivity index (χ1v) is 7.70. The molecule has 0 aliphatic heterocycles. The molecule has 1 N–H and O–H groups in total. The Kier molecular flexibility index (Phi) is 7.16. The van der Waals surface area contributed by atoms with Gasteiger partial charge in [-0.3, -0.25) is 4.79 Å². The summed E-state index contributed by atoms with van der Waals surface area (Å²) in [6.07, 6.45) is 1.30. The zero-order valence-electron chi connectivity index (χ0n) is 13.6. The Bertz CT molecular complexity index is 787. The minimum absolute atomic E-state index is 0.0975. The van der Waals surface area contributed by atoms with Gasteiger partial charge in [-0.15, -0.1) is 0 Å². The molecule has 0 radical (unpaired) electrons. The fraction of sp³-hybridized carbons (Fsp3) is 0.176. The number of oxime groups is 1. The molecule has 0 atom stereocenters. The van der Waals surface area contributed by atoms with E-state index in [0.29, 0.717) is 16.3 Å². The lowest BCUT2D eigenvalue weighted by Gasteiger charge is -2.09. The molecule has 2 aromatic rings. The molecule has 9 heteroatoms. The molecule has 0 fully saturated rings. The third kappa shape index (κ3) is 5.89. The fourth-order valence-corrected chi connectivity index (χ4v) is 2.08. The molecular weight excluding hydrogens is 370 g/mol. The molecule has 138 valence electrons. The maximum Gasteiger partial charge on any atom is 0.387 e. The van der Waals surface area contributed by atoms with Crippen molar-refractivity contribution >= 4 is 29.4 Å². The topological polar surface area (TPSA) is 69.2 Å². The van der Waals surface area contributed by atoms with Gasteiger partial charge in [0.15, 0.2) is 18.1 Å². The Morgan fingerprint density at radius 2 is 2.04 bits per heavy atom. The molecule has 0 bridgehead atoms. The van der Waals surface area contributed by atoms with Crippen molar-refractivity contribution in [2.45, 2.75) is 6.61 Å². The number of hydrogen-bond donors (Lipinski definition) is 1. The zero-order chi connectivity index (χ0) is 18.9. The Morgan fingerprint density at radius 3 is 2.73 bits per heavy atom. The minimum Gasteiger partial charge on any atom is -0.493 e. The molecule has 0 saturated carbocycles. The normalized spacial score (nSPS) is 10.8. The van der Waals surface area contributed by atoms with Gasteiger partial charge in [-0.2, -0.15) is 8.78 Å². The summed E-state index contributed by atoms with van der Waals surface area (Å²) >= 11 is 5.93. The summed E-state index contributed by atoms with van der Waals surface area (Å²) in [6, 6.07) is 11.0. The van der Waals surface area contributed by atoms with Crippen LogP contribution in [0.25, 0.3) is 0 Å². The summed E-state index contributed by atoms with van der Waals surface area (Å²) in [5, 5.41) is 6.63. The smallest absolute Gasteiger partial charge is 0.387 e. The van der Waals surface area contributed by atoms with Crippen LogP contribution < -0.4 is 14.8 Å². The second-order valence-electron chi connectivity index (χ2n) is 4.82. The third-order valence-electron chi connectivity index (χ3n) is 3.02. The average Bonchev–Trinajstić information content (AvgIpc) is 2.61. The quantitative estimate of drug-likeness (QED) is 0.553. The van der Waals surface area contributed by atoms with E-state index in [4.69, 9.17) is 21.2 Å². The molecule has 2 rings (SSSR count). The molecule has 1 amide bonds. The van der Waals surface area contributed by atoms with Crippen molar-refractivity contribution in [3.8, 4) is 11.5 Å². The van der Waals surface area contributed by atoms with Crippen molar-refractivity contribution < 1.29 is 27.9 Å². The number of rotatable bonds is 8. The number of ether oxygens (including phenoxy) is 2. The molecule has 0 heterocycles. The van der Waals surface area contributed by atoms with Crippen LogP contribution in [0.3, 0.4) is 0 Å². The van der Waals surface area contributed by atoms with E-state index in [-0.39, 0.29) is 18.1 Å². The van der Waals surface area contributed by atoms with Gasteiger partial charge in [0.05, 0.1) is 24.0 Å². The molecule has 26 heavy (non-hydrogen) atoms. The number of methoxy groups -OCH3 is 1. The van der Waals surface area contributed by atoms with Gasteiger partial charge in [-0.25, -0.2) is 0 Å². The van der Waals surface area contributed by atoms with E-state index in [0.717, 1.165) is 0 Å². The van der Waals surface area contributed by atoms with Crippen molar-refractivity contribution in [2.75, 3.05) is 19.0 Å². The van der Waals surface area contributed by atoms with Crippen LogP contribution in [0.1, 0.15) is 5.56 Å². The maximum absolute atomic E-state index is 12.3. The third-order valence-corrected chi connectivity index (χ3v) is 3.35. The zero-order valence-corrected chi connectivity index (χ0v) is 14.4. The fourth-order valence-electron chi connectivity index (χ4n) is 1.90. The summed E-state index contributed by atoms with van der Waals surface area (Å²) in [5.74, 6) is -0.418. The van der Waals surface area contributed by atoms with Crippen molar-refractivity contribution in [1.29, 1.82) is 0 Å². The van der Waals surface area contributed by atoms with Gasteiger partial charge >= 0.3 is 6.61 Å². The lowest BCUT2D eigenvalue weighted by Crippen LogP contribution is -2.17. The van der Waals surface area contributed by atoms with Gasteiger partial charge in [-0.05, 0) is 30.3 Å². The predicted molar refractivity (Wildman–Crippen MR) is 93.3 cm³/mol. The first-order chi connectivity index (χ1) is 12.5. The molecule has 0 spiro atoms. The van der Waals surface area contributed by atoms with Gasteiger partial charge in [-0.1, -0.05) is 28.9 Å². The number of nitrogens with zero attached hydrogens (tertiary/aromatic N) is 1. The highest BCUT2D eigenvalue weighted by atomic mass is 35.5. The van der Waals surface area contributed by atoms with Crippen LogP contribution in [0.15, 0.2) is 47.6 Å². The number of alkyl halides is 2. The SMILES string of the molecule is COc1cc(/C=N/OCC(=O)Nc2ccccc2Cl)ccc1OC(F)F. The van der Waals surface area contributed by atoms with E-state index in [9.17, 15) is 13.6 Å². The highest BCUT2D eigenvalue weighted by Crippen LogP contribution is 2.28. The van der Waals surface area contributed by atoms with E-state index in [1.807, 2.05) is 0 Å². The first kappa shape index (κ1) is 19.5. The lowest BCUT2D eigenvalue weighted by molar-refractivity contribution is -0.120. The number of carbonyl (C=O) groups is 1. The molecule has 6 nitrogen and oxygen atoms in total. The molecule has 0 aliphatic rings. The second-order valence-corrected chi connectivity index (χ2v) is 5.23. The van der Waals surface area contributed by atoms with Crippen molar-refractivity contribution in [1.82, 2.24) is 0 Å². The summed E-state index contributed by atoms with van der Waals surface area (Å²) < 4.78 is 33.8. The summed E-state index contributed by atoms with van der Waals surface area (Å²) in [7, 11) is 1.32. The average molecular weight is 385 g/mol. The van der Waals surface area contributed by atoms with E-state index in [1.165, 1.54) is 31.5 Å². The van der Waals surface area contributed by atoms with E-state index < -0.39 is 12.5 Å². The van der Waals surface area contributed by atoms with Gasteiger partial charge in [0, 0.05) is 5.56 Å². The van der Waals surface area contributed by atoms with Gasteiger partial charge in [0.2, 0.25) is 0 Å². The monoisotopic (exact) mass is 384 g/mol. The van der Waals surface area contributed by atoms with Crippen LogP contribution >= 0.6 is 11.6 Å². The van der Waals surface area contributed by atoms with Crippen LogP contribution in [-0.4, -0.2) is 32.4 Å². The Balaban J connectivity index is 1.88. The van der Waals surface area contributed by atoms with Crippen molar-refractivity contribution in [2.24, 2.45) is 5.16 Å². The number of nitrogens with one attached hydrogen (secondary N) is 1. The number of para-hydroxylation sites is 1. The highest BCUT2D eigenvalue weighted by molar-refractivity contribution is 6.33. The number of carbonyl (C=O) groups excluding carboxylic acids is 1. The molecule has 2 aromatic carbocycles. The first-order valence-electron chi connectivity index (χ1n) is 7.32. The number of hydrogen-bond acceptors (Lipinski definition) is 5. The maximum atomic E-state index is 12.3. The number of benzene rings is 2. The molecular formula is C17H15ClF2N2O4. The summed E-state index contributed by atoms with van der Waals surface area (Å²) in [4.78, 5) is 16.6. The van der Waals surface area contributed by atoms with Crippen LogP contribution in [0.5, 0.6) is 11.5 Å². The van der Waals surface area contributed by atoms with E-state index >= 15 is 0 Å². The molecule has 0 saturated heterocycles. The standard InChI is InChI=1S/C17H15ClF2N2O4/c1-24-15-8-11(6-7-14(15)26-17(19)20)9-21-25-10-16(23)22-13-5-3-2-4-12(13)18/h2-9,17H,10H2,1H3,(H,22,23)/b21-9+. The number of amides is 1. The Hall–Kier alpha value is -2.87. The summed E-state index contributed by atoms with van der Waals surface area (Å²) in [6.45, 7) is -3.28. The largest absolute Gasteiger partial charge is 0.493 e. The van der Waals surface area contributed by atoms with Crippen molar-refractivity contribution in [3.63, 3.8) is 0 Å². The van der Waals surface area contributed by atoms with Crippen LogP contribution in [0, 0.1) is 0 Å². The number of anilines is 1. The molecule has 0 unspecified atom stereocenters. The van der Waals surface area contributed by atoms with Crippen LogP contribution in [-0.2, 0) is 9.63 Å². The second kappa shape index (κ2) is 9.57. The van der Waals surface area contributed by atoms with E-state index in [1.54, 1.807) is 24.3 Å². The Morgan fingerprint density at radius 1 is 1.27 bits per heavy atom. The van der Waals surface area contributed by atoms with Gasteiger partial charge in [0.25, 0.3) is 5.91 Å². The van der Waals surface area contributed by atoms with E-state index in [2.05, 4.69) is 15.2 Å². The van der Waals surface area contributed by atoms with Crippen molar-refractivity contribution in [3.05, 3.63) is 53.1 Å². The summed E-state index contributed by atoms with van der Waals surface area (Å²) in [5.41, 5.74) is 0.973. The lowest BCUT2D eigenvalue weighted by atomic mass is 10.2. The predicted octanol–water partition coefficient (Wildman–Crippen LogP) is 3.94. The van der Waals surface area contributed by atoms with Crippen LogP contribution in [0.2, 0.25) is 5.02 Å². The van der Waals surface area contributed by atoms with Gasteiger partial charge < -0.3 is 19.6 Å². The van der Waals surface area contributed by atoms with Crippen LogP contribution in [0.4, 0.5) is 14.5 Å². The number of halogens is 3.